The second-order valence-electron chi connectivity index (χ2n) is 5.41. The molecule has 9 nitrogen and oxygen atoms in total. The van der Waals surface area contributed by atoms with Crippen molar-refractivity contribution in [1.82, 2.24) is 0 Å². The molecule has 0 heterocycles. The summed E-state index contributed by atoms with van der Waals surface area (Å²) < 4.78 is 0. The van der Waals surface area contributed by atoms with Crippen molar-refractivity contribution in [2.24, 2.45) is 0 Å². The molecule has 0 radical (unpaired) electrons. The van der Waals surface area contributed by atoms with Crippen LogP contribution in [-0.4, -0.2) is 56.3 Å². The largest absolute Gasteiger partial charge is 2.00 e. The monoisotopic (exact) mass is 458 g/mol. The summed E-state index contributed by atoms with van der Waals surface area (Å²) in [4.78, 5) is 30.5. The van der Waals surface area contributed by atoms with E-state index in [-0.39, 0.29) is 86.5 Å². The molecule has 0 aliphatic heterocycles. The van der Waals surface area contributed by atoms with Crippen LogP contribution in [0.5, 0.6) is 17.2 Å². The molecule has 3 aromatic rings. The fraction of sp³-hybridized carbons (Fsp3) is 0. The Hall–Kier alpha value is -2.76. The number of phenols is 3. The molecule has 0 aromatic heterocycles. The molecule has 3 rings (SSSR count). The molecule has 0 aliphatic carbocycles. The van der Waals surface area contributed by atoms with Gasteiger partial charge in [0, 0.05) is 16.7 Å². The Kier molecular flexibility index (Phi) is 15.7. The number of carboxylic acids is 3. The number of hydrogen-bond donors (Lipinski definition) is 3. The van der Waals surface area contributed by atoms with Gasteiger partial charge < -0.3 is 45.0 Å². The molecule has 32 heavy (non-hydrogen) atoms. The van der Waals surface area contributed by atoms with Crippen molar-refractivity contribution in [2.75, 3.05) is 0 Å². The fourth-order valence-electron chi connectivity index (χ4n) is 1.94. The number of para-hydroxylation sites is 3. The van der Waals surface area contributed by atoms with Crippen molar-refractivity contribution >= 4 is 41.0 Å². The number of hydrogen-bond acceptors (Lipinski definition) is 9. The quantitative estimate of drug-likeness (QED) is 0.328. The van der Waals surface area contributed by atoms with Gasteiger partial charge in [-0.15, -0.1) is 0 Å². The van der Waals surface area contributed by atoms with E-state index >= 15 is 0 Å². The molecular formula is C21H15MgNaO9. The van der Waals surface area contributed by atoms with E-state index in [1.54, 1.807) is 18.2 Å². The Bertz CT molecular complexity index is 909. The molecule has 156 valence electrons. The average molecular weight is 459 g/mol. The summed E-state index contributed by atoms with van der Waals surface area (Å²) >= 11 is 0. The van der Waals surface area contributed by atoms with E-state index in [1.807, 2.05) is 0 Å². The van der Waals surface area contributed by atoms with Gasteiger partial charge in [-0.25, -0.2) is 0 Å². The van der Waals surface area contributed by atoms with Crippen LogP contribution in [0, 0.1) is 0 Å². The third-order valence-corrected chi connectivity index (χ3v) is 3.37. The van der Waals surface area contributed by atoms with Crippen molar-refractivity contribution < 1.29 is 74.6 Å². The molecular weight excluding hydrogens is 444 g/mol. The van der Waals surface area contributed by atoms with Gasteiger partial charge in [-0.05, 0) is 36.4 Å². The minimum absolute atomic E-state index is 0. The second kappa shape index (κ2) is 16.0. The van der Waals surface area contributed by atoms with Crippen molar-refractivity contribution in [1.29, 1.82) is 0 Å². The molecule has 0 spiro atoms. The first-order valence-corrected chi connectivity index (χ1v) is 8.13. The van der Waals surface area contributed by atoms with Gasteiger partial charge in [0.05, 0.1) is 17.9 Å². The van der Waals surface area contributed by atoms with E-state index in [0.717, 1.165) is 0 Å². The fourth-order valence-corrected chi connectivity index (χ4v) is 1.94. The minimum atomic E-state index is -1.36. The summed E-state index contributed by atoms with van der Waals surface area (Å²) in [6, 6.07) is 16.9. The van der Waals surface area contributed by atoms with Gasteiger partial charge >= 0.3 is 52.6 Å². The average Bonchev–Trinajstić information content (AvgIpc) is 2.69. The number of aromatic hydroxyl groups is 3. The van der Waals surface area contributed by atoms with Crippen molar-refractivity contribution in [3.63, 3.8) is 0 Å². The van der Waals surface area contributed by atoms with E-state index in [0.29, 0.717) is 0 Å². The van der Waals surface area contributed by atoms with Crippen LogP contribution in [-0.2, 0) is 0 Å². The Morgan fingerprint density at radius 3 is 0.812 bits per heavy atom. The van der Waals surface area contributed by atoms with E-state index in [1.165, 1.54) is 54.6 Å². The van der Waals surface area contributed by atoms with Crippen molar-refractivity contribution in [3.05, 3.63) is 89.5 Å². The summed E-state index contributed by atoms with van der Waals surface area (Å²) in [5, 5.41) is 57.0. The SMILES string of the molecule is O=C([O-])c1ccccc1O.O=C([O-])c1ccccc1O.O=C([O-])c1ccccc1O.[Mg+2].[Na+]. The van der Waals surface area contributed by atoms with Gasteiger partial charge in [0.1, 0.15) is 17.2 Å². The van der Waals surface area contributed by atoms with Gasteiger partial charge in [-0.1, -0.05) is 36.4 Å². The minimum Gasteiger partial charge on any atom is -0.545 e. The zero-order chi connectivity index (χ0) is 22.7. The Morgan fingerprint density at radius 2 is 0.688 bits per heavy atom. The maximum absolute atomic E-state index is 10.2. The Balaban J connectivity index is 0. The van der Waals surface area contributed by atoms with Crippen LogP contribution in [0.25, 0.3) is 0 Å². The molecule has 0 amide bonds. The summed E-state index contributed by atoms with van der Waals surface area (Å²) in [5.74, 6) is -4.87. The van der Waals surface area contributed by atoms with Crippen LogP contribution in [0.4, 0.5) is 0 Å². The zero-order valence-electron chi connectivity index (χ0n) is 16.9. The maximum Gasteiger partial charge on any atom is 2.00 e. The van der Waals surface area contributed by atoms with E-state index in [2.05, 4.69) is 0 Å². The van der Waals surface area contributed by atoms with E-state index < -0.39 is 17.9 Å². The van der Waals surface area contributed by atoms with Crippen molar-refractivity contribution in [3.8, 4) is 17.2 Å². The third-order valence-electron chi connectivity index (χ3n) is 3.37. The molecule has 0 atom stereocenters. The summed E-state index contributed by atoms with van der Waals surface area (Å²) in [7, 11) is 0. The predicted octanol–water partition coefficient (Wildman–Crippen LogP) is -4.11. The second-order valence-corrected chi connectivity index (χ2v) is 5.41. The Morgan fingerprint density at radius 1 is 0.500 bits per heavy atom. The first kappa shape index (κ1) is 31.4. The zero-order valence-corrected chi connectivity index (χ0v) is 20.3. The van der Waals surface area contributed by atoms with Crippen LogP contribution in [0.2, 0.25) is 0 Å². The van der Waals surface area contributed by atoms with E-state index in [4.69, 9.17) is 15.3 Å². The number of aromatic carboxylic acids is 3. The van der Waals surface area contributed by atoms with Gasteiger partial charge in [-0.2, -0.15) is 0 Å². The van der Waals surface area contributed by atoms with Gasteiger partial charge in [0.25, 0.3) is 0 Å². The molecule has 0 aliphatic rings. The van der Waals surface area contributed by atoms with Crippen LogP contribution < -0.4 is 44.9 Å². The molecule has 3 N–H and O–H groups in total. The normalized spacial score (nSPS) is 8.62. The van der Waals surface area contributed by atoms with E-state index in [9.17, 15) is 29.7 Å². The first-order chi connectivity index (χ1) is 14.1. The van der Waals surface area contributed by atoms with Gasteiger partial charge in [0.15, 0.2) is 0 Å². The molecule has 0 unspecified atom stereocenters. The van der Waals surface area contributed by atoms with Gasteiger partial charge in [-0.3, -0.25) is 0 Å². The number of carbonyl (C=O) groups is 3. The molecule has 0 saturated carbocycles. The predicted molar refractivity (Wildman–Crippen MR) is 103 cm³/mol. The van der Waals surface area contributed by atoms with Crippen LogP contribution in [0.3, 0.4) is 0 Å². The molecule has 0 saturated heterocycles. The maximum atomic E-state index is 10.2. The van der Waals surface area contributed by atoms with Crippen molar-refractivity contribution in [2.45, 2.75) is 0 Å². The summed E-state index contributed by atoms with van der Waals surface area (Å²) in [5.41, 5.74) is -0.535. The number of carbonyl (C=O) groups excluding carboxylic acids is 3. The summed E-state index contributed by atoms with van der Waals surface area (Å²) in [6.07, 6.45) is 0. The van der Waals surface area contributed by atoms with Crippen LogP contribution in [0.1, 0.15) is 31.1 Å². The van der Waals surface area contributed by atoms with Gasteiger partial charge in [0.2, 0.25) is 0 Å². The molecule has 3 aromatic carbocycles. The summed E-state index contributed by atoms with van der Waals surface area (Å²) in [6.45, 7) is 0. The number of rotatable bonds is 3. The van der Waals surface area contributed by atoms with Crippen LogP contribution >= 0.6 is 0 Å². The number of benzene rings is 3. The molecule has 11 heteroatoms. The third kappa shape index (κ3) is 10.5. The smallest absolute Gasteiger partial charge is 0.545 e. The topological polar surface area (TPSA) is 181 Å². The first-order valence-electron chi connectivity index (χ1n) is 8.13. The Labute approximate surface area is 221 Å². The molecule has 0 fully saturated rings. The van der Waals surface area contributed by atoms with Crippen LogP contribution in [0.15, 0.2) is 72.8 Å². The standard InChI is InChI=1S/3C7H6O3.Mg.Na/c3*8-6-4-2-1-3-5(6)7(9)10;;/h3*1-4,8H,(H,9,10);;/q;;;+2;+1/p-3. The molecule has 0 bridgehead atoms. The number of carboxylic acid groups (broad SMARTS) is 3.